The molecule has 0 bridgehead atoms. The van der Waals surface area contributed by atoms with Crippen molar-refractivity contribution >= 4 is 24.9 Å². The van der Waals surface area contributed by atoms with E-state index in [9.17, 15) is 0 Å². The van der Waals surface area contributed by atoms with Crippen molar-refractivity contribution in [1.82, 2.24) is 18.7 Å². The van der Waals surface area contributed by atoms with Gasteiger partial charge in [-0.25, -0.2) is 14.0 Å². The Kier molecular flexibility index (Phi) is 19.3. The second kappa shape index (κ2) is 19.0. The summed E-state index contributed by atoms with van der Waals surface area (Å²) in [6, 6.07) is 0. The van der Waals surface area contributed by atoms with E-state index in [0.717, 1.165) is 13.1 Å². The minimum Gasteiger partial charge on any atom is -0.249 e. The van der Waals surface area contributed by atoms with Crippen molar-refractivity contribution in [2.75, 3.05) is 55.4 Å². The molecule has 0 aliphatic heterocycles. The summed E-state index contributed by atoms with van der Waals surface area (Å²) < 4.78 is 19.7. The lowest BCUT2D eigenvalue weighted by Crippen LogP contribution is -2.30. The van der Waals surface area contributed by atoms with Crippen LogP contribution >= 0.6 is 24.9 Å². The summed E-state index contributed by atoms with van der Waals surface area (Å²) in [5.74, 6) is 0. The normalized spacial score (nSPS) is 13.3. The van der Waals surface area contributed by atoms with E-state index < -0.39 is 15.5 Å². The van der Waals surface area contributed by atoms with E-state index in [1.165, 1.54) is 77.0 Å². The van der Waals surface area contributed by atoms with Crippen LogP contribution in [0.4, 0.5) is 0 Å². The second-order valence-electron chi connectivity index (χ2n) is 9.04. The zero-order chi connectivity index (χ0) is 23.7. The molecule has 0 saturated carbocycles. The van der Waals surface area contributed by atoms with Crippen LogP contribution in [0.5, 0.6) is 0 Å². The summed E-state index contributed by atoms with van der Waals surface area (Å²) in [5.41, 5.74) is 0. The maximum absolute atomic E-state index is 5.47. The fourth-order valence-electron chi connectivity index (χ4n) is 4.01. The smallest absolute Gasteiger partial charge is 0.249 e. The van der Waals surface area contributed by atoms with E-state index in [-0.39, 0.29) is 0 Å². The minimum atomic E-state index is -1.94. The first-order valence-electron chi connectivity index (χ1n) is 12.4. The highest BCUT2D eigenvalue weighted by Gasteiger charge is 2.36. The first-order chi connectivity index (χ1) is 14.8. The molecule has 6 nitrogen and oxygen atoms in total. The SMILES string of the molecule is CCCCCCCCN(CCCCCCCC)[P+](=NP)N=P(N(C)C)(N(C)C)N(C)C. The van der Waals surface area contributed by atoms with Gasteiger partial charge < -0.3 is 0 Å². The van der Waals surface area contributed by atoms with E-state index in [0.29, 0.717) is 0 Å². The number of unbranched alkanes of at least 4 members (excludes halogenated alkanes) is 10. The first kappa shape index (κ1) is 31.6. The number of rotatable bonds is 19. The summed E-state index contributed by atoms with van der Waals surface area (Å²) in [5, 5.41) is 0. The Morgan fingerprint density at radius 2 is 0.968 bits per heavy atom. The molecule has 0 fully saturated rings. The lowest BCUT2D eigenvalue weighted by molar-refractivity contribution is 0.414. The van der Waals surface area contributed by atoms with E-state index in [1.807, 2.05) is 0 Å². The highest BCUT2D eigenvalue weighted by molar-refractivity contribution is 7.66. The molecule has 0 aromatic rings. The largest absolute Gasteiger partial charge is 0.457 e. The van der Waals surface area contributed by atoms with Gasteiger partial charge in [0.15, 0.2) is 0 Å². The molecule has 0 saturated heterocycles. The summed E-state index contributed by atoms with van der Waals surface area (Å²) >= 11 is 0. The van der Waals surface area contributed by atoms with Gasteiger partial charge in [0.25, 0.3) is 0 Å². The fourth-order valence-corrected chi connectivity index (χ4v) is 11.2. The number of hydrogen-bond acceptors (Lipinski definition) is 1. The molecule has 186 valence electrons. The molecular weight excluding hydrogens is 441 g/mol. The molecule has 0 aliphatic rings. The molecule has 0 aromatic carbocycles. The van der Waals surface area contributed by atoms with Crippen molar-refractivity contribution < 1.29 is 0 Å². The Hall–Kier alpha value is 0.600. The predicted molar refractivity (Wildman–Crippen MR) is 148 cm³/mol. The van der Waals surface area contributed by atoms with Crippen molar-refractivity contribution in [3.63, 3.8) is 0 Å². The summed E-state index contributed by atoms with van der Waals surface area (Å²) in [4.78, 5) is 0. The molecule has 9 heteroatoms. The summed E-state index contributed by atoms with van der Waals surface area (Å²) in [6.07, 6.45) is 16.0. The predicted octanol–water partition coefficient (Wildman–Crippen LogP) is 7.93. The van der Waals surface area contributed by atoms with E-state index in [1.54, 1.807) is 0 Å². The molecule has 0 rings (SSSR count). The Morgan fingerprint density at radius 3 is 1.29 bits per heavy atom. The van der Waals surface area contributed by atoms with Gasteiger partial charge >= 0.3 is 8.01 Å². The molecular formula is C22H54N6P3+. The van der Waals surface area contributed by atoms with Crippen LogP contribution in [0, 0.1) is 0 Å². The zero-order valence-electron chi connectivity index (χ0n) is 22.1. The third-order valence-corrected chi connectivity index (χ3v) is 12.3. The van der Waals surface area contributed by atoms with Crippen molar-refractivity contribution in [3.05, 3.63) is 0 Å². The molecule has 31 heavy (non-hydrogen) atoms. The maximum Gasteiger partial charge on any atom is 0.457 e. The number of nitrogens with zero attached hydrogens (tertiary/aromatic N) is 6. The van der Waals surface area contributed by atoms with Gasteiger partial charge in [0, 0.05) is 22.5 Å². The molecule has 2 unspecified atom stereocenters. The van der Waals surface area contributed by atoms with E-state index in [2.05, 4.69) is 84.2 Å². The second-order valence-corrected chi connectivity index (χ2v) is 15.3. The summed E-state index contributed by atoms with van der Waals surface area (Å²) in [6.45, 7) is 6.80. The van der Waals surface area contributed by atoms with Crippen LogP contribution in [0.25, 0.3) is 0 Å². The highest BCUT2D eigenvalue weighted by atomic mass is 31.2. The highest BCUT2D eigenvalue weighted by Crippen LogP contribution is 2.60. The van der Waals surface area contributed by atoms with E-state index >= 15 is 0 Å². The Balaban J connectivity index is 5.40. The molecule has 2 atom stereocenters. The minimum absolute atomic E-state index is 0.892. The monoisotopic (exact) mass is 495 g/mol. The maximum atomic E-state index is 5.47. The van der Waals surface area contributed by atoms with Crippen molar-refractivity contribution in [3.8, 4) is 0 Å². The van der Waals surface area contributed by atoms with Crippen LogP contribution in [0.1, 0.15) is 90.9 Å². The Labute approximate surface area is 199 Å². The van der Waals surface area contributed by atoms with Crippen LogP contribution in [0.3, 0.4) is 0 Å². The Morgan fingerprint density at radius 1 is 0.613 bits per heavy atom. The fraction of sp³-hybridized carbons (Fsp3) is 1.00. The molecule has 0 amide bonds. The van der Waals surface area contributed by atoms with Crippen molar-refractivity contribution in [1.29, 1.82) is 0 Å². The molecule has 0 spiro atoms. The average molecular weight is 496 g/mol. The van der Waals surface area contributed by atoms with E-state index in [4.69, 9.17) is 9.03 Å². The van der Waals surface area contributed by atoms with Crippen LogP contribution in [0.2, 0.25) is 0 Å². The van der Waals surface area contributed by atoms with Gasteiger partial charge in [-0.05, 0) is 59.6 Å². The zero-order valence-corrected chi connectivity index (χ0v) is 25.0. The van der Waals surface area contributed by atoms with Gasteiger partial charge in [0.05, 0.1) is 0 Å². The van der Waals surface area contributed by atoms with Gasteiger partial charge in [-0.1, -0.05) is 87.2 Å². The molecule has 0 N–H and O–H groups in total. The third kappa shape index (κ3) is 12.0. The van der Waals surface area contributed by atoms with Crippen molar-refractivity contribution in [2.45, 2.75) is 90.9 Å². The van der Waals surface area contributed by atoms with Crippen LogP contribution < -0.4 is 0 Å². The lowest BCUT2D eigenvalue weighted by atomic mass is 10.1. The van der Waals surface area contributed by atoms with Gasteiger partial charge in [-0.3, -0.25) is 0 Å². The van der Waals surface area contributed by atoms with Gasteiger partial charge in [-0.15, -0.1) is 0 Å². The molecule has 0 aromatic heterocycles. The lowest BCUT2D eigenvalue weighted by Gasteiger charge is -2.38. The summed E-state index contributed by atoms with van der Waals surface area (Å²) in [7, 11) is 12.7. The van der Waals surface area contributed by atoms with Crippen LogP contribution in [0.15, 0.2) is 9.03 Å². The quantitative estimate of drug-likeness (QED) is 0.135. The van der Waals surface area contributed by atoms with Gasteiger partial charge in [0.1, 0.15) is 0 Å². The Bertz CT molecular complexity index is 479. The van der Waals surface area contributed by atoms with Gasteiger partial charge in [-0.2, -0.15) is 0 Å². The molecule has 0 aliphatic carbocycles. The molecule has 0 radical (unpaired) electrons. The third-order valence-electron chi connectivity index (χ3n) is 5.71. The first-order valence-corrected chi connectivity index (χ1v) is 15.7. The number of hydrogen-bond donors (Lipinski definition) is 0. The molecule has 0 heterocycles. The van der Waals surface area contributed by atoms with Crippen LogP contribution in [-0.2, 0) is 0 Å². The van der Waals surface area contributed by atoms with Gasteiger partial charge in [0.2, 0.25) is 7.51 Å². The standard InChI is InChI=1S/C22H54N6P3/c1-9-11-13-15-17-19-21-28(22-20-18-16-14-12-10-2)30(23-29)24-31(25(3)4,26(5)6)27(7)8/h9-22,29H2,1-8H3/q+1. The van der Waals surface area contributed by atoms with Crippen LogP contribution in [-0.4, -0.2) is 74.1 Å². The van der Waals surface area contributed by atoms with Crippen molar-refractivity contribution in [2.24, 2.45) is 9.03 Å². The topological polar surface area (TPSA) is 37.7 Å². The average Bonchev–Trinajstić information content (AvgIpc) is 2.72.